The highest BCUT2D eigenvalue weighted by Gasteiger charge is 2.18. The van der Waals surface area contributed by atoms with E-state index >= 15 is 0 Å². The molecule has 2 heterocycles. The Bertz CT molecular complexity index is 2930. The molecule has 0 bridgehead atoms. The largest absolute Gasteiger partial charge is 0.208 e. The SMILES string of the molecule is C1=CC(c2nc(-c3ccccc3)nc(-c3ccc(-c4cccc(-c5ccccc5)c4-c4ccc(-c5nc(C6=CCCC=C6)nc(-c6ccccc6)n5)cc4)cc3)n2)=CCC1. The second-order valence-electron chi connectivity index (χ2n) is 14.9. The first-order chi connectivity index (χ1) is 29.7. The van der Waals surface area contributed by atoms with Crippen molar-refractivity contribution in [2.45, 2.75) is 25.7 Å². The summed E-state index contributed by atoms with van der Waals surface area (Å²) in [6.45, 7) is 0. The number of allylic oxidation sites excluding steroid dienone is 8. The monoisotopic (exact) mass is 772 g/mol. The van der Waals surface area contributed by atoms with Crippen LogP contribution < -0.4 is 0 Å². The average Bonchev–Trinajstić information content (AvgIpc) is 3.35. The van der Waals surface area contributed by atoms with Crippen molar-refractivity contribution in [1.82, 2.24) is 29.9 Å². The molecule has 2 aliphatic carbocycles. The van der Waals surface area contributed by atoms with Crippen molar-refractivity contribution in [3.8, 4) is 78.9 Å². The molecular weight excluding hydrogens is 733 g/mol. The predicted molar refractivity (Wildman–Crippen MR) is 244 cm³/mol. The van der Waals surface area contributed by atoms with Gasteiger partial charge in [-0.2, -0.15) is 0 Å². The summed E-state index contributed by atoms with van der Waals surface area (Å²) in [7, 11) is 0. The highest BCUT2D eigenvalue weighted by molar-refractivity contribution is 5.95. The van der Waals surface area contributed by atoms with Crippen molar-refractivity contribution in [2.75, 3.05) is 0 Å². The lowest BCUT2D eigenvalue weighted by Crippen LogP contribution is -2.03. The third kappa shape index (κ3) is 7.66. The number of nitrogens with zero attached hydrogens (tertiary/aromatic N) is 6. The summed E-state index contributed by atoms with van der Waals surface area (Å²) in [6.07, 6.45) is 17.0. The van der Waals surface area contributed by atoms with Gasteiger partial charge in [-0.3, -0.25) is 0 Å². The van der Waals surface area contributed by atoms with Crippen molar-refractivity contribution in [2.24, 2.45) is 0 Å². The second-order valence-corrected chi connectivity index (χ2v) is 14.9. The lowest BCUT2D eigenvalue weighted by atomic mass is 9.87. The van der Waals surface area contributed by atoms with E-state index in [2.05, 4.69) is 134 Å². The summed E-state index contributed by atoms with van der Waals surface area (Å²) in [6, 6.07) is 54.6. The van der Waals surface area contributed by atoms with E-state index in [0.29, 0.717) is 34.9 Å². The maximum absolute atomic E-state index is 5.01. The fourth-order valence-electron chi connectivity index (χ4n) is 7.81. The van der Waals surface area contributed by atoms with Crippen LogP contribution in [0.5, 0.6) is 0 Å². The Balaban J connectivity index is 1.05. The van der Waals surface area contributed by atoms with Gasteiger partial charge in [-0.15, -0.1) is 0 Å². The van der Waals surface area contributed by atoms with E-state index in [-0.39, 0.29) is 0 Å². The molecule has 0 saturated carbocycles. The molecule has 0 spiro atoms. The van der Waals surface area contributed by atoms with Crippen molar-refractivity contribution in [3.63, 3.8) is 0 Å². The zero-order chi connectivity index (χ0) is 40.1. The van der Waals surface area contributed by atoms with Crippen LogP contribution in [0.2, 0.25) is 0 Å². The lowest BCUT2D eigenvalue weighted by molar-refractivity contribution is 1.01. The summed E-state index contributed by atoms with van der Waals surface area (Å²) in [4.78, 5) is 29.8. The van der Waals surface area contributed by atoms with Crippen LogP contribution in [0.25, 0.3) is 90.1 Å². The maximum Gasteiger partial charge on any atom is 0.164 e. The molecule has 10 rings (SSSR count). The van der Waals surface area contributed by atoms with Crippen LogP contribution in [0.15, 0.2) is 194 Å². The van der Waals surface area contributed by atoms with E-state index in [1.54, 1.807) is 0 Å². The molecule has 8 aromatic rings. The van der Waals surface area contributed by atoms with Crippen LogP contribution in [-0.4, -0.2) is 29.9 Å². The molecule has 0 radical (unpaired) electrons. The van der Waals surface area contributed by atoms with Gasteiger partial charge in [-0.25, -0.2) is 29.9 Å². The number of aromatic nitrogens is 6. The van der Waals surface area contributed by atoms with Gasteiger partial charge in [0, 0.05) is 33.4 Å². The zero-order valence-electron chi connectivity index (χ0n) is 33.0. The Morgan fingerprint density at radius 1 is 0.267 bits per heavy atom. The molecular formula is C54H40N6. The molecule has 0 saturated heterocycles. The number of rotatable bonds is 9. The standard InChI is InChI=1S/C54H40N6/c1-6-17-37(18-7-1)46-27-16-28-47(38-29-33-44(34-30-38)53-57-49(40-19-8-2-9-20-40)55-50(58-53)41-21-10-3-11-22-41)48(46)39-31-35-45(36-32-39)54-59-51(42-23-12-4-13-24-42)56-52(60-54)43-25-14-5-15-26-43/h1-2,4,6-10,12-14,16-36H,3,5,11,15H2. The zero-order valence-corrected chi connectivity index (χ0v) is 33.0. The molecule has 0 atom stereocenters. The molecule has 6 aromatic carbocycles. The van der Waals surface area contributed by atoms with Crippen molar-refractivity contribution in [3.05, 3.63) is 206 Å². The highest BCUT2D eigenvalue weighted by Crippen LogP contribution is 2.41. The molecule has 0 N–H and O–H groups in total. The molecule has 2 aliphatic rings. The molecule has 2 aromatic heterocycles. The minimum absolute atomic E-state index is 0.644. The van der Waals surface area contributed by atoms with E-state index in [4.69, 9.17) is 29.9 Å². The summed E-state index contributed by atoms with van der Waals surface area (Å²) >= 11 is 0. The summed E-state index contributed by atoms with van der Waals surface area (Å²) in [5, 5.41) is 0. The third-order valence-electron chi connectivity index (χ3n) is 10.9. The van der Waals surface area contributed by atoms with Crippen molar-refractivity contribution < 1.29 is 0 Å². The molecule has 0 amide bonds. The van der Waals surface area contributed by atoms with Gasteiger partial charge in [-0.1, -0.05) is 194 Å². The Kier molecular flexibility index (Phi) is 10.2. The van der Waals surface area contributed by atoms with Gasteiger partial charge in [0.15, 0.2) is 34.9 Å². The lowest BCUT2D eigenvalue weighted by Gasteiger charge is -2.17. The van der Waals surface area contributed by atoms with E-state index in [1.165, 1.54) is 0 Å². The van der Waals surface area contributed by atoms with E-state index in [1.807, 2.05) is 60.7 Å². The molecule has 6 heteroatoms. The first-order valence-corrected chi connectivity index (χ1v) is 20.5. The molecule has 0 unspecified atom stereocenters. The summed E-state index contributed by atoms with van der Waals surface area (Å²) < 4.78 is 0. The second kappa shape index (κ2) is 16.6. The quantitative estimate of drug-likeness (QED) is 0.145. The van der Waals surface area contributed by atoms with E-state index < -0.39 is 0 Å². The minimum Gasteiger partial charge on any atom is -0.208 e. The fraction of sp³-hybridized carbons (Fsp3) is 0.0741. The Hall–Kier alpha value is -7.70. The van der Waals surface area contributed by atoms with Crippen molar-refractivity contribution >= 4 is 11.1 Å². The van der Waals surface area contributed by atoms with Gasteiger partial charge in [0.05, 0.1) is 0 Å². The number of benzene rings is 6. The number of hydrogen-bond acceptors (Lipinski definition) is 6. The first-order valence-electron chi connectivity index (χ1n) is 20.5. The molecule has 60 heavy (non-hydrogen) atoms. The fourth-order valence-corrected chi connectivity index (χ4v) is 7.81. The molecule has 0 fully saturated rings. The van der Waals surface area contributed by atoms with Crippen LogP contribution in [0.3, 0.4) is 0 Å². The van der Waals surface area contributed by atoms with Crippen LogP contribution in [0.1, 0.15) is 37.3 Å². The van der Waals surface area contributed by atoms with E-state index in [0.717, 1.165) is 92.5 Å². The van der Waals surface area contributed by atoms with Crippen LogP contribution in [0, 0.1) is 0 Å². The number of hydrogen-bond donors (Lipinski definition) is 0. The third-order valence-corrected chi connectivity index (χ3v) is 10.9. The average molecular weight is 773 g/mol. The molecule has 6 nitrogen and oxygen atoms in total. The predicted octanol–water partition coefficient (Wildman–Crippen LogP) is 13.2. The normalized spacial score (nSPS) is 13.5. The maximum atomic E-state index is 5.01. The smallest absolute Gasteiger partial charge is 0.164 e. The van der Waals surface area contributed by atoms with Gasteiger partial charge >= 0.3 is 0 Å². The Morgan fingerprint density at radius 2 is 0.600 bits per heavy atom. The van der Waals surface area contributed by atoms with Gasteiger partial charge in [-0.05, 0) is 59.1 Å². The van der Waals surface area contributed by atoms with Crippen molar-refractivity contribution in [1.29, 1.82) is 0 Å². The Morgan fingerprint density at radius 3 is 1.00 bits per heavy atom. The van der Waals surface area contributed by atoms with Gasteiger partial charge < -0.3 is 0 Å². The molecule has 0 aliphatic heterocycles. The van der Waals surface area contributed by atoms with Crippen LogP contribution >= 0.6 is 0 Å². The Labute approximate surface area is 350 Å². The topological polar surface area (TPSA) is 77.3 Å². The highest BCUT2D eigenvalue weighted by atomic mass is 15.0. The molecule has 286 valence electrons. The van der Waals surface area contributed by atoms with Gasteiger partial charge in [0.2, 0.25) is 0 Å². The minimum atomic E-state index is 0.644. The summed E-state index contributed by atoms with van der Waals surface area (Å²) in [5.74, 6) is 3.98. The van der Waals surface area contributed by atoms with Gasteiger partial charge in [0.1, 0.15) is 0 Å². The van der Waals surface area contributed by atoms with Gasteiger partial charge in [0.25, 0.3) is 0 Å². The van der Waals surface area contributed by atoms with E-state index in [9.17, 15) is 0 Å². The first kappa shape index (κ1) is 36.6. The summed E-state index contributed by atoms with van der Waals surface area (Å²) in [5.41, 5.74) is 12.6. The van der Waals surface area contributed by atoms with Crippen LogP contribution in [-0.2, 0) is 0 Å². The van der Waals surface area contributed by atoms with Crippen LogP contribution in [0.4, 0.5) is 0 Å².